The van der Waals surface area contributed by atoms with Crippen molar-refractivity contribution >= 4 is 5.97 Å². The predicted octanol–water partition coefficient (Wildman–Crippen LogP) is 5.49. The Morgan fingerprint density at radius 3 is 2.44 bits per heavy atom. The molecule has 4 aromatic rings. The Bertz CT molecular complexity index is 1430. The molecule has 1 fully saturated rings. The lowest BCUT2D eigenvalue weighted by molar-refractivity contribution is -0.147. The third-order valence-electron chi connectivity index (χ3n) is 7.09. The van der Waals surface area contributed by atoms with Crippen LogP contribution in [0.15, 0.2) is 67.3 Å². The highest BCUT2D eigenvalue weighted by Crippen LogP contribution is 2.38. The lowest BCUT2D eigenvalue weighted by Crippen LogP contribution is -2.49. The number of ether oxygens (including phenoxy) is 1. The average molecular weight is 486 g/mol. The van der Waals surface area contributed by atoms with Gasteiger partial charge in [-0.3, -0.25) is 9.69 Å². The first-order chi connectivity index (χ1) is 17.4. The van der Waals surface area contributed by atoms with E-state index in [1.807, 2.05) is 39.9 Å². The molecule has 1 saturated heterocycles. The Labute approximate surface area is 209 Å². The maximum atomic E-state index is 15.4. The molecule has 3 aromatic carbocycles. The standard InChI is InChI=1S/C29H28FN3O3/c1-18-22(6-4-7-23(18)24-8-5-9-27(19(24)2)33-11-10-31-17-33)20-12-26(30)25(28(13-20)36-3)16-32-14-21(15-32)29(34)35/h4-13,17,21H,14-16H2,1-3H3,(H,34,35). The lowest BCUT2D eigenvalue weighted by Gasteiger charge is -2.36. The van der Waals surface area contributed by atoms with E-state index in [1.165, 1.54) is 7.11 Å². The molecule has 6 nitrogen and oxygen atoms in total. The highest BCUT2D eigenvalue weighted by Gasteiger charge is 2.33. The van der Waals surface area contributed by atoms with Crippen LogP contribution in [0.5, 0.6) is 5.75 Å². The van der Waals surface area contributed by atoms with Crippen molar-refractivity contribution in [1.82, 2.24) is 14.5 Å². The fourth-order valence-corrected chi connectivity index (χ4v) is 5.02. The minimum absolute atomic E-state index is 0.318. The van der Waals surface area contributed by atoms with Crippen molar-refractivity contribution in [3.63, 3.8) is 0 Å². The summed E-state index contributed by atoms with van der Waals surface area (Å²) in [6.45, 7) is 5.30. The number of rotatable bonds is 7. The first-order valence-corrected chi connectivity index (χ1v) is 11.9. The Hall–Kier alpha value is -3.97. The van der Waals surface area contributed by atoms with E-state index in [9.17, 15) is 4.79 Å². The van der Waals surface area contributed by atoms with Gasteiger partial charge in [0.05, 0.1) is 19.4 Å². The highest BCUT2D eigenvalue weighted by atomic mass is 19.1. The molecule has 0 amide bonds. The number of hydrogen-bond donors (Lipinski definition) is 1. The Kier molecular flexibility index (Phi) is 6.33. The van der Waals surface area contributed by atoms with E-state index in [0.717, 1.165) is 39.1 Å². The summed E-state index contributed by atoms with van der Waals surface area (Å²) in [6.07, 6.45) is 5.47. The van der Waals surface area contributed by atoms with Gasteiger partial charge in [-0.1, -0.05) is 30.3 Å². The molecule has 0 saturated carbocycles. The van der Waals surface area contributed by atoms with E-state index in [4.69, 9.17) is 9.84 Å². The van der Waals surface area contributed by atoms with Crippen LogP contribution in [-0.2, 0) is 11.3 Å². The van der Waals surface area contributed by atoms with Crippen molar-refractivity contribution in [2.45, 2.75) is 20.4 Å². The van der Waals surface area contributed by atoms with Gasteiger partial charge in [-0.25, -0.2) is 9.37 Å². The molecular formula is C29H28FN3O3. The number of halogens is 1. The molecule has 0 atom stereocenters. The lowest BCUT2D eigenvalue weighted by atomic mass is 9.90. The Morgan fingerprint density at radius 1 is 1.08 bits per heavy atom. The normalized spacial score (nSPS) is 14.0. The molecule has 184 valence electrons. The van der Waals surface area contributed by atoms with Crippen molar-refractivity contribution in [1.29, 1.82) is 0 Å². The number of imidazole rings is 1. The monoisotopic (exact) mass is 485 g/mol. The van der Waals surface area contributed by atoms with Crippen LogP contribution in [-0.4, -0.2) is 45.7 Å². The maximum Gasteiger partial charge on any atom is 0.309 e. The van der Waals surface area contributed by atoms with Crippen LogP contribution < -0.4 is 4.74 Å². The summed E-state index contributed by atoms with van der Waals surface area (Å²) >= 11 is 0. The van der Waals surface area contributed by atoms with Crippen LogP contribution in [0.4, 0.5) is 4.39 Å². The van der Waals surface area contributed by atoms with Gasteiger partial charge in [-0.15, -0.1) is 0 Å². The second kappa shape index (κ2) is 9.59. The molecule has 1 aliphatic rings. The Balaban J connectivity index is 1.50. The summed E-state index contributed by atoms with van der Waals surface area (Å²) in [5.41, 5.74) is 7.53. The molecule has 2 heterocycles. The van der Waals surface area contributed by atoms with E-state index >= 15 is 4.39 Å². The van der Waals surface area contributed by atoms with Gasteiger partial charge in [0, 0.05) is 43.3 Å². The number of carboxylic acids is 1. The van der Waals surface area contributed by atoms with Crippen LogP contribution in [0.3, 0.4) is 0 Å². The third kappa shape index (κ3) is 4.27. The van der Waals surface area contributed by atoms with Crippen molar-refractivity contribution in [3.8, 4) is 33.7 Å². The van der Waals surface area contributed by atoms with E-state index in [0.29, 0.717) is 30.9 Å². The fraction of sp³-hybridized carbons (Fsp3) is 0.241. The molecule has 1 aliphatic heterocycles. The number of hydrogen-bond acceptors (Lipinski definition) is 4. The van der Waals surface area contributed by atoms with Gasteiger partial charge in [0.1, 0.15) is 11.6 Å². The Morgan fingerprint density at radius 2 is 1.78 bits per heavy atom. The van der Waals surface area contributed by atoms with Gasteiger partial charge in [0.2, 0.25) is 0 Å². The third-order valence-corrected chi connectivity index (χ3v) is 7.09. The van der Waals surface area contributed by atoms with Gasteiger partial charge >= 0.3 is 5.97 Å². The first-order valence-electron chi connectivity index (χ1n) is 11.9. The molecule has 7 heteroatoms. The second-order valence-corrected chi connectivity index (χ2v) is 9.27. The van der Waals surface area contributed by atoms with Crippen LogP contribution in [0.25, 0.3) is 27.9 Å². The van der Waals surface area contributed by atoms with Crippen LogP contribution in [0, 0.1) is 25.6 Å². The van der Waals surface area contributed by atoms with Crippen molar-refractivity contribution in [2.75, 3.05) is 20.2 Å². The molecule has 0 aliphatic carbocycles. The summed E-state index contributed by atoms with van der Waals surface area (Å²) in [5.74, 6) is -1.09. The molecule has 0 spiro atoms. The number of carbonyl (C=O) groups is 1. The van der Waals surface area contributed by atoms with Crippen LogP contribution in [0.2, 0.25) is 0 Å². The number of aliphatic carboxylic acids is 1. The largest absolute Gasteiger partial charge is 0.496 e. The minimum atomic E-state index is -0.810. The van der Waals surface area contributed by atoms with E-state index in [-0.39, 0.29) is 11.7 Å². The fourth-order valence-electron chi connectivity index (χ4n) is 5.02. The van der Waals surface area contributed by atoms with Crippen molar-refractivity contribution in [2.24, 2.45) is 5.92 Å². The molecule has 1 N–H and O–H groups in total. The van der Waals surface area contributed by atoms with Gasteiger partial charge in [-0.05, 0) is 65.4 Å². The number of aromatic nitrogens is 2. The number of benzene rings is 3. The minimum Gasteiger partial charge on any atom is -0.496 e. The van der Waals surface area contributed by atoms with Gasteiger partial charge in [0.25, 0.3) is 0 Å². The van der Waals surface area contributed by atoms with Crippen molar-refractivity contribution < 1.29 is 19.0 Å². The summed E-state index contributed by atoms with van der Waals surface area (Å²) in [5, 5.41) is 9.12. The summed E-state index contributed by atoms with van der Waals surface area (Å²) in [7, 11) is 1.53. The van der Waals surface area contributed by atoms with Gasteiger partial charge < -0.3 is 14.4 Å². The van der Waals surface area contributed by atoms with E-state index in [1.54, 1.807) is 18.6 Å². The summed E-state index contributed by atoms with van der Waals surface area (Å²) in [4.78, 5) is 17.2. The SMILES string of the molecule is COc1cc(-c2cccc(-c3cccc(-n4ccnc4)c3C)c2C)cc(F)c1CN1CC(C(=O)O)C1. The number of nitrogens with zero attached hydrogens (tertiary/aromatic N) is 3. The molecule has 0 radical (unpaired) electrons. The molecule has 36 heavy (non-hydrogen) atoms. The number of likely N-dealkylation sites (tertiary alicyclic amines) is 1. The smallest absolute Gasteiger partial charge is 0.309 e. The maximum absolute atomic E-state index is 15.4. The number of methoxy groups -OCH3 is 1. The van der Waals surface area contributed by atoms with Gasteiger partial charge in [-0.2, -0.15) is 0 Å². The molecule has 0 unspecified atom stereocenters. The quantitative estimate of drug-likeness (QED) is 0.375. The summed E-state index contributed by atoms with van der Waals surface area (Å²) < 4.78 is 22.9. The van der Waals surface area contributed by atoms with Crippen molar-refractivity contribution in [3.05, 3.63) is 89.8 Å². The zero-order valence-electron chi connectivity index (χ0n) is 20.5. The van der Waals surface area contributed by atoms with E-state index in [2.05, 4.69) is 37.0 Å². The van der Waals surface area contributed by atoms with E-state index < -0.39 is 5.97 Å². The molecular weight excluding hydrogens is 457 g/mol. The topological polar surface area (TPSA) is 67.6 Å². The van der Waals surface area contributed by atoms with Crippen LogP contribution in [0.1, 0.15) is 16.7 Å². The zero-order valence-corrected chi connectivity index (χ0v) is 20.5. The highest BCUT2D eigenvalue weighted by molar-refractivity contribution is 5.81. The van der Waals surface area contributed by atoms with Crippen LogP contribution >= 0.6 is 0 Å². The zero-order chi connectivity index (χ0) is 25.4. The predicted molar refractivity (Wildman–Crippen MR) is 137 cm³/mol. The van der Waals surface area contributed by atoms with Gasteiger partial charge in [0.15, 0.2) is 0 Å². The summed E-state index contributed by atoms with van der Waals surface area (Å²) in [6, 6.07) is 15.7. The number of carboxylic acid groups (broad SMARTS) is 1. The molecule has 1 aromatic heterocycles. The second-order valence-electron chi connectivity index (χ2n) is 9.27. The first kappa shape index (κ1) is 23.8. The average Bonchev–Trinajstić information content (AvgIpc) is 3.36. The molecule has 0 bridgehead atoms. The molecule has 5 rings (SSSR count).